The maximum Gasteiger partial charge on any atom is 0.130 e. The zero-order valence-corrected chi connectivity index (χ0v) is 6.62. The number of pyridine rings is 1. The monoisotopic (exact) mass is 148 g/mol. The molecule has 1 aromatic rings. The van der Waals surface area contributed by atoms with Gasteiger partial charge in [-0.25, -0.2) is 4.98 Å². The highest BCUT2D eigenvalue weighted by Gasteiger charge is 1.90. The Balaban J connectivity index is 2.86. The quantitative estimate of drug-likeness (QED) is 0.697. The van der Waals surface area contributed by atoms with Crippen LogP contribution in [0.1, 0.15) is 18.9 Å². The molecule has 0 aliphatic heterocycles. The van der Waals surface area contributed by atoms with Gasteiger partial charge in [-0.15, -0.1) is 0 Å². The number of nitrogen functional groups attached to an aromatic ring is 1. The van der Waals surface area contributed by atoms with Crippen molar-refractivity contribution in [1.82, 2.24) is 4.98 Å². The van der Waals surface area contributed by atoms with E-state index >= 15 is 0 Å². The SMILES string of the molecule is CCC=Cc1cccnc1N. The van der Waals surface area contributed by atoms with E-state index < -0.39 is 0 Å². The van der Waals surface area contributed by atoms with Crippen LogP contribution in [0.3, 0.4) is 0 Å². The lowest BCUT2D eigenvalue weighted by atomic mass is 10.2. The van der Waals surface area contributed by atoms with Crippen molar-refractivity contribution in [2.75, 3.05) is 5.73 Å². The minimum Gasteiger partial charge on any atom is -0.383 e. The molecule has 0 saturated carbocycles. The van der Waals surface area contributed by atoms with Gasteiger partial charge in [0, 0.05) is 11.8 Å². The Hall–Kier alpha value is -1.31. The molecule has 1 rings (SSSR count). The van der Waals surface area contributed by atoms with E-state index in [0.29, 0.717) is 5.82 Å². The number of aromatic nitrogens is 1. The van der Waals surface area contributed by atoms with Gasteiger partial charge < -0.3 is 5.73 Å². The zero-order valence-electron chi connectivity index (χ0n) is 6.62. The molecule has 0 fully saturated rings. The summed E-state index contributed by atoms with van der Waals surface area (Å²) in [5, 5.41) is 0. The molecule has 0 aliphatic rings. The van der Waals surface area contributed by atoms with E-state index in [-0.39, 0.29) is 0 Å². The molecule has 2 N–H and O–H groups in total. The highest BCUT2D eigenvalue weighted by Crippen LogP contribution is 2.08. The lowest BCUT2D eigenvalue weighted by Gasteiger charge is -1.95. The lowest BCUT2D eigenvalue weighted by Crippen LogP contribution is -1.91. The molecule has 0 unspecified atom stereocenters. The number of nitrogens with two attached hydrogens (primary N) is 1. The van der Waals surface area contributed by atoms with E-state index in [1.807, 2.05) is 18.2 Å². The summed E-state index contributed by atoms with van der Waals surface area (Å²) in [6.45, 7) is 2.09. The summed E-state index contributed by atoms with van der Waals surface area (Å²) in [5.41, 5.74) is 6.59. The number of nitrogens with zero attached hydrogens (tertiary/aromatic N) is 1. The predicted octanol–water partition coefficient (Wildman–Crippen LogP) is 2.09. The third kappa shape index (κ3) is 2.08. The van der Waals surface area contributed by atoms with Gasteiger partial charge >= 0.3 is 0 Å². The highest BCUT2D eigenvalue weighted by atomic mass is 14.8. The summed E-state index contributed by atoms with van der Waals surface area (Å²) in [6, 6.07) is 3.83. The van der Waals surface area contributed by atoms with E-state index in [4.69, 9.17) is 5.73 Å². The first-order valence-corrected chi connectivity index (χ1v) is 3.71. The second-order valence-corrected chi connectivity index (χ2v) is 2.29. The van der Waals surface area contributed by atoms with E-state index in [0.717, 1.165) is 12.0 Å². The van der Waals surface area contributed by atoms with Gasteiger partial charge in [0.15, 0.2) is 0 Å². The average molecular weight is 148 g/mol. The molecular weight excluding hydrogens is 136 g/mol. The molecule has 0 amide bonds. The van der Waals surface area contributed by atoms with Crippen molar-refractivity contribution in [3.05, 3.63) is 30.0 Å². The summed E-state index contributed by atoms with van der Waals surface area (Å²) in [6.07, 6.45) is 6.77. The molecule has 2 nitrogen and oxygen atoms in total. The van der Waals surface area contributed by atoms with Crippen LogP contribution in [-0.4, -0.2) is 4.98 Å². The third-order valence-electron chi connectivity index (χ3n) is 1.40. The van der Waals surface area contributed by atoms with Crippen LogP contribution >= 0.6 is 0 Å². The molecule has 0 aromatic carbocycles. The smallest absolute Gasteiger partial charge is 0.130 e. The summed E-state index contributed by atoms with van der Waals surface area (Å²) >= 11 is 0. The Morgan fingerprint density at radius 1 is 1.64 bits per heavy atom. The molecule has 11 heavy (non-hydrogen) atoms. The fraction of sp³-hybridized carbons (Fsp3) is 0.222. The summed E-state index contributed by atoms with van der Waals surface area (Å²) in [7, 11) is 0. The van der Waals surface area contributed by atoms with Crippen LogP contribution in [0.2, 0.25) is 0 Å². The minimum absolute atomic E-state index is 0.595. The van der Waals surface area contributed by atoms with Crippen molar-refractivity contribution >= 4 is 11.9 Å². The maximum absolute atomic E-state index is 5.60. The van der Waals surface area contributed by atoms with Gasteiger partial charge in [-0.3, -0.25) is 0 Å². The Morgan fingerprint density at radius 2 is 2.45 bits per heavy atom. The van der Waals surface area contributed by atoms with E-state index in [2.05, 4.69) is 18.0 Å². The first-order chi connectivity index (χ1) is 5.34. The van der Waals surface area contributed by atoms with Crippen LogP contribution in [0.15, 0.2) is 24.4 Å². The van der Waals surface area contributed by atoms with Crippen LogP contribution < -0.4 is 5.73 Å². The number of hydrogen-bond donors (Lipinski definition) is 1. The Bertz CT molecular complexity index is 253. The molecule has 1 aromatic heterocycles. The van der Waals surface area contributed by atoms with Crippen molar-refractivity contribution in [1.29, 1.82) is 0 Å². The molecule has 58 valence electrons. The first kappa shape index (κ1) is 7.79. The van der Waals surface area contributed by atoms with Crippen LogP contribution in [0.25, 0.3) is 6.08 Å². The van der Waals surface area contributed by atoms with Gasteiger partial charge in [-0.05, 0) is 18.6 Å². The third-order valence-corrected chi connectivity index (χ3v) is 1.40. The summed E-state index contributed by atoms with van der Waals surface area (Å²) < 4.78 is 0. The van der Waals surface area contributed by atoms with Gasteiger partial charge in [0.05, 0.1) is 0 Å². The van der Waals surface area contributed by atoms with E-state index in [1.54, 1.807) is 6.20 Å². The summed E-state index contributed by atoms with van der Waals surface area (Å²) in [4.78, 5) is 3.96. The van der Waals surface area contributed by atoms with Gasteiger partial charge in [-0.1, -0.05) is 19.1 Å². The van der Waals surface area contributed by atoms with E-state index in [9.17, 15) is 0 Å². The summed E-state index contributed by atoms with van der Waals surface area (Å²) in [5.74, 6) is 0.595. The standard InChI is InChI=1S/C9H12N2/c1-2-3-5-8-6-4-7-11-9(8)10/h3-7H,2H2,1H3,(H2,10,11). The van der Waals surface area contributed by atoms with Gasteiger partial charge in [-0.2, -0.15) is 0 Å². The highest BCUT2D eigenvalue weighted by molar-refractivity contribution is 5.60. The fourth-order valence-corrected chi connectivity index (χ4v) is 0.816. The number of rotatable bonds is 2. The van der Waals surface area contributed by atoms with Crippen LogP contribution in [-0.2, 0) is 0 Å². The molecule has 0 radical (unpaired) electrons. The van der Waals surface area contributed by atoms with Crippen molar-refractivity contribution in [2.24, 2.45) is 0 Å². The Kier molecular flexibility index (Phi) is 2.66. The molecule has 0 saturated heterocycles. The topological polar surface area (TPSA) is 38.9 Å². The molecule has 0 bridgehead atoms. The van der Waals surface area contributed by atoms with Crippen molar-refractivity contribution in [3.8, 4) is 0 Å². The van der Waals surface area contributed by atoms with Gasteiger partial charge in [0.25, 0.3) is 0 Å². The number of allylic oxidation sites excluding steroid dienone is 1. The molecule has 1 heterocycles. The normalized spacial score (nSPS) is 10.6. The second-order valence-electron chi connectivity index (χ2n) is 2.29. The van der Waals surface area contributed by atoms with Crippen molar-refractivity contribution in [3.63, 3.8) is 0 Å². The average Bonchev–Trinajstić information content (AvgIpc) is 2.03. The molecular formula is C9H12N2. The van der Waals surface area contributed by atoms with Gasteiger partial charge in [0.2, 0.25) is 0 Å². The van der Waals surface area contributed by atoms with Gasteiger partial charge in [0.1, 0.15) is 5.82 Å². The van der Waals surface area contributed by atoms with E-state index in [1.165, 1.54) is 0 Å². The number of hydrogen-bond acceptors (Lipinski definition) is 2. The largest absolute Gasteiger partial charge is 0.383 e. The molecule has 0 spiro atoms. The fourth-order valence-electron chi connectivity index (χ4n) is 0.816. The predicted molar refractivity (Wildman–Crippen MR) is 48.0 cm³/mol. The van der Waals surface area contributed by atoms with Crippen LogP contribution in [0.4, 0.5) is 5.82 Å². The molecule has 0 aliphatic carbocycles. The molecule has 0 atom stereocenters. The van der Waals surface area contributed by atoms with Crippen LogP contribution in [0, 0.1) is 0 Å². The Morgan fingerprint density at radius 3 is 3.09 bits per heavy atom. The van der Waals surface area contributed by atoms with Crippen LogP contribution in [0.5, 0.6) is 0 Å². The first-order valence-electron chi connectivity index (χ1n) is 3.71. The minimum atomic E-state index is 0.595. The molecule has 2 heteroatoms. The van der Waals surface area contributed by atoms with Crippen molar-refractivity contribution < 1.29 is 0 Å². The zero-order chi connectivity index (χ0) is 8.10. The second kappa shape index (κ2) is 3.76. The number of anilines is 1. The van der Waals surface area contributed by atoms with Crippen molar-refractivity contribution in [2.45, 2.75) is 13.3 Å². The maximum atomic E-state index is 5.60. The lowest BCUT2D eigenvalue weighted by molar-refractivity contribution is 1.23. The Labute approximate surface area is 66.8 Å².